The van der Waals surface area contributed by atoms with E-state index in [1.54, 1.807) is 12.7 Å². The number of rotatable bonds is 5. The van der Waals surface area contributed by atoms with Gasteiger partial charge in [0.1, 0.15) is 12.7 Å². The Morgan fingerprint density at radius 2 is 2.35 bits per heavy atom. The fourth-order valence-corrected chi connectivity index (χ4v) is 2.62. The summed E-state index contributed by atoms with van der Waals surface area (Å²) in [5.41, 5.74) is 2.41. The van der Waals surface area contributed by atoms with Crippen molar-refractivity contribution < 1.29 is 0 Å². The summed E-state index contributed by atoms with van der Waals surface area (Å²) in [7, 11) is 0. The van der Waals surface area contributed by atoms with E-state index < -0.39 is 0 Å². The molecule has 1 aromatic carbocycles. The molecule has 2 heterocycles. The van der Waals surface area contributed by atoms with Crippen LogP contribution in [0.2, 0.25) is 0 Å². The van der Waals surface area contributed by atoms with Crippen molar-refractivity contribution in [2.75, 3.05) is 18.4 Å². The van der Waals surface area contributed by atoms with Crippen LogP contribution in [-0.4, -0.2) is 33.9 Å². The molecule has 0 radical (unpaired) electrons. The number of benzene rings is 1. The Labute approximate surface area is 119 Å². The molecule has 5 heteroatoms. The highest BCUT2D eigenvalue weighted by Crippen LogP contribution is 2.13. The zero-order valence-corrected chi connectivity index (χ0v) is 11.6. The quantitative estimate of drug-likeness (QED) is 0.872. The molecule has 1 aliphatic rings. The van der Waals surface area contributed by atoms with Crippen molar-refractivity contribution in [3.63, 3.8) is 0 Å². The molecule has 5 nitrogen and oxygen atoms in total. The first-order valence-corrected chi connectivity index (χ1v) is 7.29. The van der Waals surface area contributed by atoms with Gasteiger partial charge in [-0.25, -0.2) is 9.67 Å². The molecule has 2 aromatic rings. The fourth-order valence-electron chi connectivity index (χ4n) is 2.62. The maximum Gasteiger partial charge on any atom is 0.137 e. The maximum absolute atomic E-state index is 4.14. The summed E-state index contributed by atoms with van der Waals surface area (Å²) >= 11 is 0. The number of anilines is 1. The molecular weight excluding hydrogens is 250 g/mol. The van der Waals surface area contributed by atoms with Crippen LogP contribution in [0.4, 0.5) is 5.69 Å². The SMILES string of the molecule is c1cc(Cn2cncn2)cc(NCC2CCCCN2)c1. The van der Waals surface area contributed by atoms with Crippen molar-refractivity contribution in [1.29, 1.82) is 0 Å². The average molecular weight is 271 g/mol. The summed E-state index contributed by atoms with van der Waals surface area (Å²) in [5.74, 6) is 0. The van der Waals surface area contributed by atoms with Crippen LogP contribution < -0.4 is 10.6 Å². The van der Waals surface area contributed by atoms with Gasteiger partial charge in [0.2, 0.25) is 0 Å². The molecule has 0 aliphatic carbocycles. The van der Waals surface area contributed by atoms with Gasteiger partial charge in [-0.05, 0) is 37.1 Å². The molecule has 2 N–H and O–H groups in total. The highest BCUT2D eigenvalue weighted by atomic mass is 15.3. The molecule has 0 spiro atoms. The number of hydrogen-bond acceptors (Lipinski definition) is 4. The van der Waals surface area contributed by atoms with Gasteiger partial charge in [0.15, 0.2) is 0 Å². The standard InChI is InChI=1S/C15H21N5/c1-2-7-17-15(5-1)9-18-14-6-3-4-13(8-14)10-20-12-16-11-19-20/h3-4,6,8,11-12,15,17-18H,1-2,5,7,9-10H2. The highest BCUT2D eigenvalue weighted by Gasteiger charge is 2.11. The first-order chi connectivity index (χ1) is 9.90. The molecular formula is C15H21N5. The molecule has 0 bridgehead atoms. The first kappa shape index (κ1) is 13.1. The fraction of sp³-hybridized carbons (Fsp3) is 0.467. The third-order valence-corrected chi connectivity index (χ3v) is 3.70. The smallest absolute Gasteiger partial charge is 0.137 e. The van der Waals surface area contributed by atoms with Crippen molar-refractivity contribution in [3.05, 3.63) is 42.5 Å². The molecule has 0 saturated carbocycles. The molecule has 1 atom stereocenters. The lowest BCUT2D eigenvalue weighted by Gasteiger charge is -2.24. The van der Waals surface area contributed by atoms with Gasteiger partial charge in [0.05, 0.1) is 6.54 Å². The molecule has 1 aromatic heterocycles. The van der Waals surface area contributed by atoms with E-state index in [0.29, 0.717) is 6.04 Å². The molecule has 1 aliphatic heterocycles. The second-order valence-corrected chi connectivity index (χ2v) is 5.32. The lowest BCUT2D eigenvalue weighted by Crippen LogP contribution is -2.39. The van der Waals surface area contributed by atoms with Crippen molar-refractivity contribution in [1.82, 2.24) is 20.1 Å². The molecule has 106 valence electrons. The van der Waals surface area contributed by atoms with E-state index in [2.05, 4.69) is 45.0 Å². The average Bonchev–Trinajstić information content (AvgIpc) is 3.00. The molecule has 20 heavy (non-hydrogen) atoms. The van der Waals surface area contributed by atoms with E-state index >= 15 is 0 Å². The molecule has 3 rings (SSSR count). The lowest BCUT2D eigenvalue weighted by molar-refractivity contribution is 0.414. The summed E-state index contributed by atoms with van der Waals surface area (Å²) < 4.78 is 1.84. The molecule has 1 fully saturated rings. The van der Waals surface area contributed by atoms with E-state index in [1.165, 1.54) is 30.5 Å². The topological polar surface area (TPSA) is 54.8 Å². The number of piperidine rings is 1. The highest BCUT2D eigenvalue weighted by molar-refractivity contribution is 5.45. The Hall–Kier alpha value is -1.88. The second kappa shape index (κ2) is 6.52. The summed E-state index contributed by atoms with van der Waals surface area (Å²) in [4.78, 5) is 3.97. The summed E-state index contributed by atoms with van der Waals surface area (Å²) in [6, 6.07) is 9.11. The van der Waals surface area contributed by atoms with Crippen LogP contribution >= 0.6 is 0 Å². The van der Waals surface area contributed by atoms with Crippen LogP contribution in [-0.2, 0) is 6.54 Å². The largest absolute Gasteiger partial charge is 0.383 e. The van der Waals surface area contributed by atoms with Crippen molar-refractivity contribution >= 4 is 5.69 Å². The van der Waals surface area contributed by atoms with Crippen LogP contribution in [0, 0.1) is 0 Å². The van der Waals surface area contributed by atoms with E-state index in [9.17, 15) is 0 Å². The van der Waals surface area contributed by atoms with Crippen molar-refractivity contribution in [2.24, 2.45) is 0 Å². The minimum atomic E-state index is 0.600. The van der Waals surface area contributed by atoms with E-state index in [4.69, 9.17) is 0 Å². The predicted molar refractivity (Wildman–Crippen MR) is 79.7 cm³/mol. The zero-order valence-electron chi connectivity index (χ0n) is 11.6. The van der Waals surface area contributed by atoms with Gasteiger partial charge in [-0.2, -0.15) is 5.10 Å². The summed E-state index contributed by atoms with van der Waals surface area (Å²) in [6.07, 6.45) is 7.23. The van der Waals surface area contributed by atoms with Gasteiger partial charge in [0.25, 0.3) is 0 Å². The molecule has 1 unspecified atom stereocenters. The van der Waals surface area contributed by atoms with Gasteiger partial charge in [0, 0.05) is 18.3 Å². The van der Waals surface area contributed by atoms with Gasteiger partial charge < -0.3 is 10.6 Å². The molecule has 1 saturated heterocycles. The Bertz CT molecular complexity index is 517. The van der Waals surface area contributed by atoms with Gasteiger partial charge in [-0.1, -0.05) is 18.6 Å². The lowest BCUT2D eigenvalue weighted by atomic mass is 10.1. The Morgan fingerprint density at radius 3 is 3.15 bits per heavy atom. The summed E-state index contributed by atoms with van der Waals surface area (Å²) in [6.45, 7) is 2.91. The van der Waals surface area contributed by atoms with E-state index in [0.717, 1.165) is 19.6 Å². The number of nitrogens with one attached hydrogen (secondary N) is 2. The van der Waals surface area contributed by atoms with Crippen LogP contribution in [0.1, 0.15) is 24.8 Å². The minimum absolute atomic E-state index is 0.600. The second-order valence-electron chi connectivity index (χ2n) is 5.32. The molecule has 0 amide bonds. The predicted octanol–water partition coefficient (Wildman–Crippen LogP) is 1.88. The monoisotopic (exact) mass is 271 g/mol. The zero-order chi connectivity index (χ0) is 13.6. The van der Waals surface area contributed by atoms with Crippen LogP contribution in [0.3, 0.4) is 0 Å². The third-order valence-electron chi connectivity index (χ3n) is 3.70. The number of aromatic nitrogens is 3. The van der Waals surface area contributed by atoms with Gasteiger partial charge >= 0.3 is 0 Å². The Morgan fingerprint density at radius 1 is 1.35 bits per heavy atom. The maximum atomic E-state index is 4.14. The number of nitrogens with zero attached hydrogens (tertiary/aromatic N) is 3. The van der Waals surface area contributed by atoms with Crippen molar-refractivity contribution in [3.8, 4) is 0 Å². The van der Waals surface area contributed by atoms with Crippen LogP contribution in [0.5, 0.6) is 0 Å². The van der Waals surface area contributed by atoms with Crippen LogP contribution in [0.25, 0.3) is 0 Å². The van der Waals surface area contributed by atoms with Crippen molar-refractivity contribution in [2.45, 2.75) is 31.8 Å². The van der Waals surface area contributed by atoms with Gasteiger partial charge in [-0.3, -0.25) is 0 Å². The normalized spacial score (nSPS) is 18.9. The van der Waals surface area contributed by atoms with Crippen LogP contribution in [0.15, 0.2) is 36.9 Å². The Kier molecular flexibility index (Phi) is 4.28. The summed E-state index contributed by atoms with van der Waals surface area (Å²) in [5, 5.41) is 11.2. The Balaban J connectivity index is 1.56. The van der Waals surface area contributed by atoms with E-state index in [1.807, 2.05) is 4.68 Å². The van der Waals surface area contributed by atoms with E-state index in [-0.39, 0.29) is 0 Å². The number of hydrogen-bond donors (Lipinski definition) is 2. The minimum Gasteiger partial charge on any atom is -0.383 e. The first-order valence-electron chi connectivity index (χ1n) is 7.29. The third kappa shape index (κ3) is 3.57. The van der Waals surface area contributed by atoms with Gasteiger partial charge in [-0.15, -0.1) is 0 Å².